The molecule has 0 radical (unpaired) electrons. The molecule has 1 atom stereocenters. The lowest BCUT2D eigenvalue weighted by molar-refractivity contribution is 0.407. The van der Waals surface area contributed by atoms with E-state index in [0.717, 1.165) is 13.0 Å². The molecule has 0 amide bonds. The Morgan fingerprint density at radius 1 is 1.53 bits per heavy atom. The highest BCUT2D eigenvalue weighted by atomic mass is 32.2. The topological polar surface area (TPSA) is 82.3 Å². The second-order valence-corrected chi connectivity index (χ2v) is 5.92. The molecule has 1 aliphatic rings. The lowest BCUT2D eigenvalue weighted by Gasteiger charge is -2.12. The van der Waals surface area contributed by atoms with E-state index in [-0.39, 0.29) is 10.9 Å². The van der Waals surface area contributed by atoms with Crippen molar-refractivity contribution in [2.45, 2.75) is 17.4 Å². The summed E-state index contributed by atoms with van der Waals surface area (Å²) in [5.74, 6) is 0. The predicted octanol–water partition coefficient (Wildman–Crippen LogP) is -0.643. The Balaban J connectivity index is 2.20. The van der Waals surface area contributed by atoms with E-state index in [1.54, 1.807) is 0 Å². The van der Waals surface area contributed by atoms with Crippen molar-refractivity contribution in [3.8, 4) is 0 Å². The zero-order valence-corrected chi connectivity index (χ0v) is 10.3. The van der Waals surface area contributed by atoms with Crippen molar-refractivity contribution in [3.63, 3.8) is 0 Å². The van der Waals surface area contributed by atoms with Crippen LogP contribution in [0.1, 0.15) is 6.42 Å². The number of rotatable bonds is 3. The number of hydrogen-bond acceptors (Lipinski definition) is 4. The quantitative estimate of drug-likeness (QED) is 0.754. The molecule has 1 saturated heterocycles. The maximum atomic E-state index is 12.0. The van der Waals surface area contributed by atoms with Crippen molar-refractivity contribution in [2.75, 3.05) is 20.1 Å². The van der Waals surface area contributed by atoms with Gasteiger partial charge in [0.2, 0.25) is 15.5 Å². The monoisotopic (exact) mass is 257 g/mol. The third-order valence-electron chi connectivity index (χ3n) is 2.79. The van der Waals surface area contributed by atoms with E-state index in [1.807, 2.05) is 11.9 Å². The van der Waals surface area contributed by atoms with Crippen molar-refractivity contribution in [1.82, 2.24) is 14.6 Å². The van der Waals surface area contributed by atoms with E-state index in [1.165, 1.54) is 18.5 Å². The zero-order chi connectivity index (χ0) is 12.5. The van der Waals surface area contributed by atoms with E-state index in [2.05, 4.69) is 9.71 Å². The molecule has 2 N–H and O–H groups in total. The highest BCUT2D eigenvalue weighted by molar-refractivity contribution is 7.89. The number of aromatic amines is 1. The van der Waals surface area contributed by atoms with Gasteiger partial charge in [-0.2, -0.15) is 0 Å². The van der Waals surface area contributed by atoms with Crippen molar-refractivity contribution in [1.29, 1.82) is 0 Å². The summed E-state index contributed by atoms with van der Waals surface area (Å²) in [5, 5.41) is 0. The minimum Gasteiger partial charge on any atom is -0.366 e. The van der Waals surface area contributed by atoms with Gasteiger partial charge in [0.15, 0.2) is 0 Å². The number of nitrogens with zero attached hydrogens (tertiary/aromatic N) is 1. The van der Waals surface area contributed by atoms with Gasteiger partial charge in [0.25, 0.3) is 0 Å². The molecule has 0 spiro atoms. The van der Waals surface area contributed by atoms with Crippen LogP contribution in [0, 0.1) is 0 Å². The number of H-pyrrole nitrogens is 1. The highest BCUT2D eigenvalue weighted by Crippen LogP contribution is 2.10. The number of pyridine rings is 1. The van der Waals surface area contributed by atoms with Gasteiger partial charge in [-0.15, -0.1) is 0 Å². The van der Waals surface area contributed by atoms with Gasteiger partial charge in [-0.3, -0.25) is 4.79 Å². The maximum Gasteiger partial charge on any atom is 0.246 e. The van der Waals surface area contributed by atoms with Crippen LogP contribution in [0.3, 0.4) is 0 Å². The van der Waals surface area contributed by atoms with Crippen LogP contribution in [0.15, 0.2) is 28.2 Å². The van der Waals surface area contributed by atoms with Crippen LogP contribution in [0.2, 0.25) is 0 Å². The molecule has 1 aromatic rings. The molecule has 0 bridgehead atoms. The molecule has 0 aromatic carbocycles. The number of likely N-dealkylation sites (tertiary alicyclic amines) is 1. The number of nitrogens with one attached hydrogen (secondary N) is 2. The molecule has 0 aliphatic carbocycles. The first kappa shape index (κ1) is 12.3. The van der Waals surface area contributed by atoms with Crippen LogP contribution in [0.5, 0.6) is 0 Å². The first-order valence-electron chi connectivity index (χ1n) is 5.37. The van der Waals surface area contributed by atoms with E-state index < -0.39 is 15.5 Å². The Hall–Kier alpha value is -1.18. The second-order valence-electron chi connectivity index (χ2n) is 4.24. The first-order chi connectivity index (χ1) is 7.99. The van der Waals surface area contributed by atoms with E-state index in [4.69, 9.17) is 0 Å². The molecule has 2 heterocycles. The van der Waals surface area contributed by atoms with E-state index >= 15 is 0 Å². The molecule has 1 aromatic heterocycles. The summed E-state index contributed by atoms with van der Waals surface area (Å²) in [4.78, 5) is 15.9. The Morgan fingerprint density at radius 3 is 2.88 bits per heavy atom. The zero-order valence-electron chi connectivity index (χ0n) is 9.51. The van der Waals surface area contributed by atoms with Crippen LogP contribution in [0.25, 0.3) is 0 Å². The molecular formula is C10H15N3O3S. The average molecular weight is 257 g/mol. The summed E-state index contributed by atoms with van der Waals surface area (Å²) in [7, 11) is -1.78. The normalized spacial score (nSPS) is 21.8. The molecule has 17 heavy (non-hydrogen) atoms. The second kappa shape index (κ2) is 4.59. The van der Waals surface area contributed by atoms with Crippen molar-refractivity contribution in [2.24, 2.45) is 0 Å². The summed E-state index contributed by atoms with van der Waals surface area (Å²) < 4.78 is 26.5. The van der Waals surface area contributed by atoms with E-state index in [0.29, 0.717) is 6.54 Å². The number of hydrogen-bond donors (Lipinski definition) is 2. The molecule has 0 saturated carbocycles. The van der Waals surface area contributed by atoms with Gasteiger partial charge in [-0.25, -0.2) is 13.1 Å². The largest absolute Gasteiger partial charge is 0.366 e. The van der Waals surface area contributed by atoms with Gasteiger partial charge in [0, 0.05) is 31.0 Å². The fraction of sp³-hybridized carbons (Fsp3) is 0.500. The maximum absolute atomic E-state index is 12.0. The standard InChI is InChI=1S/C10H15N3O3S/c1-13-5-3-8(7-13)12-17(15,16)10-6-11-4-2-9(10)14/h2,4,6,8,12H,3,5,7H2,1H3,(H,11,14). The minimum absolute atomic E-state index is 0.121. The van der Waals surface area contributed by atoms with Crippen LogP contribution < -0.4 is 10.2 Å². The fourth-order valence-corrected chi connectivity index (χ4v) is 3.24. The summed E-state index contributed by atoms with van der Waals surface area (Å²) in [6.45, 7) is 1.53. The fourth-order valence-electron chi connectivity index (χ4n) is 1.92. The van der Waals surface area contributed by atoms with Crippen molar-refractivity contribution in [3.05, 3.63) is 28.7 Å². The minimum atomic E-state index is -3.72. The van der Waals surface area contributed by atoms with Crippen LogP contribution in [-0.4, -0.2) is 44.5 Å². The summed E-state index contributed by atoms with van der Waals surface area (Å²) in [6, 6.07) is 1.08. The lowest BCUT2D eigenvalue weighted by Crippen LogP contribution is -2.38. The molecule has 6 nitrogen and oxygen atoms in total. The SMILES string of the molecule is CN1CCC(NS(=O)(=O)c2c[nH]ccc2=O)C1. The molecule has 7 heteroatoms. The molecule has 1 aliphatic heterocycles. The summed E-state index contributed by atoms with van der Waals surface area (Å²) >= 11 is 0. The molecule has 2 rings (SSSR count). The molecule has 94 valence electrons. The van der Waals surface area contributed by atoms with Gasteiger partial charge in [-0.05, 0) is 20.0 Å². The third-order valence-corrected chi connectivity index (χ3v) is 4.33. The predicted molar refractivity (Wildman–Crippen MR) is 63.3 cm³/mol. The first-order valence-corrected chi connectivity index (χ1v) is 6.85. The van der Waals surface area contributed by atoms with Gasteiger partial charge < -0.3 is 9.88 Å². The Kier molecular flexibility index (Phi) is 3.32. The van der Waals surface area contributed by atoms with Crippen LogP contribution in [0.4, 0.5) is 0 Å². The van der Waals surface area contributed by atoms with E-state index in [9.17, 15) is 13.2 Å². The van der Waals surface area contributed by atoms with Gasteiger partial charge in [0.1, 0.15) is 4.90 Å². The molecule has 1 unspecified atom stereocenters. The summed E-state index contributed by atoms with van der Waals surface area (Å²) in [5.41, 5.74) is -0.498. The Bertz CT molecular complexity index is 552. The number of likely N-dealkylation sites (N-methyl/N-ethyl adjacent to an activating group) is 1. The average Bonchev–Trinajstić information content (AvgIpc) is 2.63. The van der Waals surface area contributed by atoms with Crippen molar-refractivity contribution >= 4 is 10.0 Å². The van der Waals surface area contributed by atoms with Crippen LogP contribution >= 0.6 is 0 Å². The molecule has 1 fully saturated rings. The smallest absolute Gasteiger partial charge is 0.246 e. The Labute approximate surface area is 99.7 Å². The lowest BCUT2D eigenvalue weighted by atomic mass is 10.3. The van der Waals surface area contributed by atoms with Gasteiger partial charge >= 0.3 is 0 Å². The Morgan fingerprint density at radius 2 is 2.29 bits per heavy atom. The molecular weight excluding hydrogens is 242 g/mol. The van der Waals surface area contributed by atoms with Crippen molar-refractivity contribution < 1.29 is 8.42 Å². The third kappa shape index (κ3) is 2.74. The number of aromatic nitrogens is 1. The highest BCUT2D eigenvalue weighted by Gasteiger charge is 2.26. The van der Waals surface area contributed by atoms with Gasteiger partial charge in [0.05, 0.1) is 0 Å². The number of sulfonamides is 1. The van der Waals surface area contributed by atoms with Crippen LogP contribution in [-0.2, 0) is 10.0 Å². The van der Waals surface area contributed by atoms with Gasteiger partial charge in [-0.1, -0.05) is 0 Å². The summed E-state index contributed by atoms with van der Waals surface area (Å²) in [6.07, 6.45) is 3.38.